The number of pyridine rings is 1. The van der Waals surface area contributed by atoms with Gasteiger partial charge in [-0.3, -0.25) is 14.3 Å². The maximum absolute atomic E-state index is 12.3. The lowest BCUT2D eigenvalue weighted by Gasteiger charge is -2.13. The molecular weight excluding hydrogens is 404 g/mol. The monoisotopic (exact) mass is 422 g/mol. The van der Waals surface area contributed by atoms with Crippen molar-refractivity contribution < 1.29 is 4.79 Å². The first-order valence-electron chi connectivity index (χ1n) is 9.02. The zero-order valence-corrected chi connectivity index (χ0v) is 17.3. The molecule has 0 unspecified atom stereocenters. The quantitative estimate of drug-likeness (QED) is 0.452. The molecule has 0 aliphatic carbocycles. The molecule has 0 spiro atoms. The summed E-state index contributed by atoms with van der Waals surface area (Å²) in [6.45, 7) is 2.11. The number of benzene rings is 1. The largest absolute Gasteiger partial charge is 0.301 e. The third kappa shape index (κ3) is 4.36. The molecule has 3 heterocycles. The Morgan fingerprint density at radius 1 is 1.17 bits per heavy atom. The Bertz CT molecular complexity index is 1100. The van der Waals surface area contributed by atoms with Gasteiger partial charge in [-0.05, 0) is 30.2 Å². The number of thioether (sulfide) groups is 1. The van der Waals surface area contributed by atoms with Crippen molar-refractivity contribution in [2.45, 2.75) is 18.5 Å². The van der Waals surface area contributed by atoms with Crippen molar-refractivity contribution in [3.05, 3.63) is 65.9 Å². The van der Waals surface area contributed by atoms with Gasteiger partial charge in [-0.2, -0.15) is 0 Å². The van der Waals surface area contributed by atoms with Crippen LogP contribution in [0.2, 0.25) is 0 Å². The summed E-state index contributed by atoms with van der Waals surface area (Å²) in [7, 11) is 0. The number of amides is 1. The van der Waals surface area contributed by atoms with Crippen LogP contribution >= 0.6 is 23.1 Å². The van der Waals surface area contributed by atoms with E-state index in [-0.39, 0.29) is 11.7 Å². The minimum absolute atomic E-state index is 0.133. The minimum Gasteiger partial charge on any atom is -0.301 e. The summed E-state index contributed by atoms with van der Waals surface area (Å²) in [4.78, 5) is 20.6. The highest BCUT2D eigenvalue weighted by atomic mass is 32.2. The summed E-state index contributed by atoms with van der Waals surface area (Å²) in [6.07, 6.45) is 6.02. The molecule has 0 aliphatic rings. The minimum atomic E-state index is -0.133. The number of para-hydroxylation sites is 1. The second-order valence-electron chi connectivity index (χ2n) is 6.04. The molecule has 7 nitrogen and oxygen atoms in total. The van der Waals surface area contributed by atoms with Crippen LogP contribution in [0.1, 0.15) is 12.5 Å². The Hall–Kier alpha value is -3.04. The summed E-state index contributed by atoms with van der Waals surface area (Å²) in [5.41, 5.74) is 3.04. The van der Waals surface area contributed by atoms with E-state index in [1.54, 1.807) is 18.6 Å². The Morgan fingerprint density at radius 2 is 2.07 bits per heavy atom. The molecule has 4 aromatic rings. The topological polar surface area (TPSA) is 85.6 Å². The molecule has 1 amide bonds. The predicted molar refractivity (Wildman–Crippen MR) is 115 cm³/mol. The van der Waals surface area contributed by atoms with E-state index in [2.05, 4.69) is 38.5 Å². The van der Waals surface area contributed by atoms with Gasteiger partial charge in [-0.25, -0.2) is 4.98 Å². The summed E-state index contributed by atoms with van der Waals surface area (Å²) in [5, 5.41) is 14.6. The lowest BCUT2D eigenvalue weighted by molar-refractivity contribution is -0.113. The molecule has 0 bridgehead atoms. The van der Waals surface area contributed by atoms with Crippen LogP contribution in [0.15, 0.2) is 65.5 Å². The predicted octanol–water partition coefficient (Wildman–Crippen LogP) is 4.08. The number of nitrogens with one attached hydrogen (secondary N) is 1. The molecule has 3 aromatic heterocycles. The lowest BCUT2D eigenvalue weighted by Crippen LogP contribution is -2.14. The number of anilines is 1. The van der Waals surface area contributed by atoms with Gasteiger partial charge in [0, 0.05) is 29.5 Å². The molecule has 0 saturated carbocycles. The highest BCUT2D eigenvalue weighted by molar-refractivity contribution is 7.99. The third-order valence-corrected chi connectivity index (χ3v) is 5.80. The number of hydrogen-bond donors (Lipinski definition) is 1. The van der Waals surface area contributed by atoms with E-state index < -0.39 is 0 Å². The van der Waals surface area contributed by atoms with Crippen LogP contribution in [0.3, 0.4) is 0 Å². The van der Waals surface area contributed by atoms with Gasteiger partial charge in [-0.15, -0.1) is 21.5 Å². The Labute approximate surface area is 176 Å². The summed E-state index contributed by atoms with van der Waals surface area (Å²) >= 11 is 2.73. The van der Waals surface area contributed by atoms with E-state index in [0.29, 0.717) is 16.1 Å². The van der Waals surface area contributed by atoms with Crippen molar-refractivity contribution in [2.24, 2.45) is 0 Å². The van der Waals surface area contributed by atoms with Gasteiger partial charge in [0.05, 0.1) is 11.4 Å². The number of hydrogen-bond acceptors (Lipinski definition) is 7. The molecule has 146 valence electrons. The van der Waals surface area contributed by atoms with Crippen molar-refractivity contribution >= 4 is 34.1 Å². The summed E-state index contributed by atoms with van der Waals surface area (Å²) < 4.78 is 2.00. The third-order valence-electron chi connectivity index (χ3n) is 4.18. The fourth-order valence-corrected chi connectivity index (χ4v) is 4.15. The average Bonchev–Trinajstić information content (AvgIpc) is 3.42. The van der Waals surface area contributed by atoms with Crippen molar-refractivity contribution in [3.63, 3.8) is 0 Å². The van der Waals surface area contributed by atoms with E-state index in [0.717, 1.165) is 17.7 Å². The van der Waals surface area contributed by atoms with E-state index in [1.807, 2.05) is 40.3 Å². The van der Waals surface area contributed by atoms with E-state index >= 15 is 0 Å². The molecule has 29 heavy (non-hydrogen) atoms. The van der Waals surface area contributed by atoms with Gasteiger partial charge >= 0.3 is 0 Å². The van der Waals surface area contributed by atoms with Crippen molar-refractivity contribution in [1.29, 1.82) is 0 Å². The highest BCUT2D eigenvalue weighted by Crippen LogP contribution is 2.29. The molecular formula is C20H18N6OS2. The SMILES string of the molecule is CCc1ccccc1-n1c(SCC(=O)Nc2nccs2)nnc1-c1cccnc1. The Morgan fingerprint density at radius 3 is 2.83 bits per heavy atom. The number of aryl methyl sites for hydroxylation is 1. The van der Waals surface area contributed by atoms with Crippen molar-refractivity contribution in [2.75, 3.05) is 11.1 Å². The number of carbonyl (C=O) groups is 1. The fraction of sp³-hybridized carbons (Fsp3) is 0.150. The van der Waals surface area contributed by atoms with E-state index in [4.69, 9.17) is 0 Å². The lowest BCUT2D eigenvalue weighted by atomic mass is 10.1. The fourth-order valence-electron chi connectivity index (χ4n) is 2.86. The molecule has 1 N–H and O–H groups in total. The Kier molecular flexibility index (Phi) is 5.97. The molecule has 0 aliphatic heterocycles. The van der Waals surface area contributed by atoms with Crippen molar-refractivity contribution in [1.82, 2.24) is 24.7 Å². The van der Waals surface area contributed by atoms with Gasteiger partial charge in [0.15, 0.2) is 16.1 Å². The van der Waals surface area contributed by atoms with Gasteiger partial charge in [-0.1, -0.05) is 36.9 Å². The van der Waals surface area contributed by atoms with Gasteiger partial charge in [0.25, 0.3) is 0 Å². The zero-order chi connectivity index (χ0) is 20.1. The van der Waals surface area contributed by atoms with Crippen LogP contribution in [0.25, 0.3) is 17.1 Å². The molecule has 4 rings (SSSR count). The highest BCUT2D eigenvalue weighted by Gasteiger charge is 2.19. The van der Waals surface area contributed by atoms with Crippen LogP contribution < -0.4 is 5.32 Å². The van der Waals surface area contributed by atoms with Crippen LogP contribution in [0, 0.1) is 0 Å². The standard InChI is InChI=1S/C20H18N6OS2/c1-2-14-6-3-4-8-16(14)26-18(15-7-5-9-21-12-15)24-25-20(26)29-13-17(27)23-19-22-10-11-28-19/h3-12H,2,13H2,1H3,(H,22,23,27). The maximum Gasteiger partial charge on any atom is 0.236 e. The first-order chi connectivity index (χ1) is 14.3. The van der Waals surface area contributed by atoms with Crippen LogP contribution in [0.4, 0.5) is 5.13 Å². The second kappa shape index (κ2) is 8.97. The number of carbonyl (C=O) groups excluding carboxylic acids is 1. The molecule has 0 radical (unpaired) electrons. The number of thiazole rings is 1. The van der Waals surface area contributed by atoms with Crippen LogP contribution in [-0.4, -0.2) is 36.4 Å². The van der Waals surface area contributed by atoms with Crippen LogP contribution in [0.5, 0.6) is 0 Å². The first kappa shape index (κ1) is 19.3. The molecule has 9 heteroatoms. The Balaban J connectivity index is 1.67. The van der Waals surface area contributed by atoms with Gasteiger partial charge < -0.3 is 5.32 Å². The van der Waals surface area contributed by atoms with Crippen LogP contribution in [-0.2, 0) is 11.2 Å². The molecule has 0 atom stereocenters. The number of rotatable bonds is 7. The summed E-state index contributed by atoms with van der Waals surface area (Å²) in [6, 6.07) is 12.0. The zero-order valence-electron chi connectivity index (χ0n) is 15.6. The van der Waals surface area contributed by atoms with E-state index in [1.165, 1.54) is 28.7 Å². The molecule has 1 aromatic carbocycles. The smallest absolute Gasteiger partial charge is 0.236 e. The van der Waals surface area contributed by atoms with Crippen molar-refractivity contribution in [3.8, 4) is 17.1 Å². The maximum atomic E-state index is 12.3. The van der Waals surface area contributed by atoms with Gasteiger partial charge in [0.1, 0.15) is 0 Å². The number of nitrogens with zero attached hydrogens (tertiary/aromatic N) is 5. The average molecular weight is 423 g/mol. The molecule has 0 saturated heterocycles. The normalized spacial score (nSPS) is 10.8. The molecule has 0 fully saturated rings. The van der Waals surface area contributed by atoms with E-state index in [9.17, 15) is 4.79 Å². The first-order valence-corrected chi connectivity index (χ1v) is 10.9. The number of aromatic nitrogens is 5. The van der Waals surface area contributed by atoms with Gasteiger partial charge in [0.2, 0.25) is 5.91 Å². The summed E-state index contributed by atoms with van der Waals surface area (Å²) in [5.74, 6) is 0.770. The second-order valence-corrected chi connectivity index (χ2v) is 7.88.